The summed E-state index contributed by atoms with van der Waals surface area (Å²) in [6, 6.07) is 9.50. The van der Waals surface area contributed by atoms with Crippen molar-refractivity contribution in [1.82, 2.24) is 14.9 Å². The maximum Gasteiger partial charge on any atom is 0.313 e. The number of aliphatic carboxylic acids is 1. The van der Waals surface area contributed by atoms with Gasteiger partial charge >= 0.3 is 5.97 Å². The van der Waals surface area contributed by atoms with E-state index < -0.39 is 17.5 Å². The van der Waals surface area contributed by atoms with Gasteiger partial charge in [-0.25, -0.2) is 9.97 Å². The van der Waals surface area contributed by atoms with Crippen LogP contribution in [0.4, 0.5) is 5.95 Å². The number of aliphatic hydroxyl groups is 1. The average Bonchev–Trinajstić information content (AvgIpc) is 2.70. The molecular formula is C21H28N4O3. The topological polar surface area (TPSA) is 98.6 Å². The summed E-state index contributed by atoms with van der Waals surface area (Å²) in [4.78, 5) is 22.9. The van der Waals surface area contributed by atoms with Crippen LogP contribution in [0, 0.1) is 5.41 Å². The van der Waals surface area contributed by atoms with Crippen molar-refractivity contribution in [2.24, 2.45) is 5.41 Å². The molecule has 1 aliphatic rings. The van der Waals surface area contributed by atoms with E-state index >= 15 is 0 Å². The van der Waals surface area contributed by atoms with Crippen LogP contribution in [0.2, 0.25) is 0 Å². The van der Waals surface area contributed by atoms with E-state index in [2.05, 4.69) is 27.1 Å². The van der Waals surface area contributed by atoms with Gasteiger partial charge in [0.1, 0.15) is 5.41 Å². The number of carboxylic acids is 1. The lowest BCUT2D eigenvalue weighted by Crippen LogP contribution is -2.56. The van der Waals surface area contributed by atoms with Crippen LogP contribution in [0.25, 0.3) is 0 Å². The van der Waals surface area contributed by atoms with E-state index in [1.165, 1.54) is 0 Å². The fraction of sp³-hybridized carbons (Fsp3) is 0.476. The van der Waals surface area contributed by atoms with Crippen LogP contribution in [-0.2, 0) is 17.8 Å². The highest BCUT2D eigenvalue weighted by Gasteiger charge is 2.49. The van der Waals surface area contributed by atoms with Gasteiger partial charge in [0.25, 0.3) is 0 Å². The number of anilines is 1. The minimum atomic E-state index is -1.22. The summed E-state index contributed by atoms with van der Waals surface area (Å²) >= 11 is 0. The van der Waals surface area contributed by atoms with Gasteiger partial charge in [0.05, 0.1) is 6.10 Å². The van der Waals surface area contributed by atoms with Gasteiger partial charge in [-0.1, -0.05) is 37.3 Å². The third-order valence-electron chi connectivity index (χ3n) is 5.30. The van der Waals surface area contributed by atoms with Gasteiger partial charge in [0, 0.05) is 44.1 Å². The number of hydrogen-bond donors (Lipinski definition) is 3. The van der Waals surface area contributed by atoms with Crippen molar-refractivity contribution in [2.45, 2.75) is 38.8 Å². The Hall–Kier alpha value is -2.51. The number of aromatic nitrogens is 2. The molecule has 2 atom stereocenters. The van der Waals surface area contributed by atoms with Crippen molar-refractivity contribution in [3.05, 3.63) is 53.9 Å². The number of rotatable bonds is 8. The summed E-state index contributed by atoms with van der Waals surface area (Å²) in [6.45, 7) is 4.39. The van der Waals surface area contributed by atoms with Crippen LogP contribution >= 0.6 is 0 Å². The molecule has 2 aromatic rings. The van der Waals surface area contributed by atoms with Crippen LogP contribution in [0.1, 0.15) is 30.9 Å². The number of benzene rings is 1. The van der Waals surface area contributed by atoms with E-state index in [0.717, 1.165) is 24.1 Å². The van der Waals surface area contributed by atoms with Crippen molar-refractivity contribution in [2.75, 3.05) is 25.0 Å². The second-order valence-electron chi connectivity index (χ2n) is 7.48. The first-order valence-electron chi connectivity index (χ1n) is 9.76. The monoisotopic (exact) mass is 384 g/mol. The van der Waals surface area contributed by atoms with E-state index in [-0.39, 0.29) is 6.54 Å². The first kappa shape index (κ1) is 20.2. The molecule has 0 amide bonds. The van der Waals surface area contributed by atoms with Crippen LogP contribution < -0.4 is 5.32 Å². The Labute approximate surface area is 165 Å². The predicted molar refractivity (Wildman–Crippen MR) is 107 cm³/mol. The largest absolute Gasteiger partial charge is 0.481 e. The average molecular weight is 384 g/mol. The van der Waals surface area contributed by atoms with Crippen molar-refractivity contribution in [3.8, 4) is 0 Å². The van der Waals surface area contributed by atoms with Gasteiger partial charge in [-0.05, 0) is 24.8 Å². The normalized spacial score (nSPS) is 22.7. The molecule has 1 aromatic carbocycles. The number of aliphatic hydroxyl groups excluding tert-OH is 1. The lowest BCUT2D eigenvalue weighted by Gasteiger charge is -2.43. The van der Waals surface area contributed by atoms with Gasteiger partial charge < -0.3 is 15.5 Å². The SMILES string of the molecule is CCCNc1ncc(CN2CC[C@@H](O)[C@](Cc3ccccc3)(C(=O)O)C2)cn1. The molecule has 1 fully saturated rings. The molecule has 7 nitrogen and oxygen atoms in total. The number of carbonyl (C=O) groups is 1. The van der Waals surface area contributed by atoms with E-state index in [4.69, 9.17) is 0 Å². The standard InChI is InChI=1S/C21H28N4O3/c1-2-9-22-20-23-12-17(13-24-20)14-25-10-8-18(26)21(15-25,19(27)28)11-16-6-4-3-5-7-16/h3-7,12-13,18,26H,2,8-11,14-15H2,1H3,(H,27,28)(H,22,23,24)/t18-,21-/m1/s1. The van der Waals surface area contributed by atoms with Gasteiger partial charge in [-0.2, -0.15) is 0 Å². The molecule has 0 unspecified atom stereocenters. The van der Waals surface area contributed by atoms with Crippen LogP contribution in [-0.4, -0.2) is 56.8 Å². The van der Waals surface area contributed by atoms with Gasteiger partial charge in [-0.15, -0.1) is 0 Å². The predicted octanol–water partition coefficient (Wildman–Crippen LogP) is 2.18. The molecule has 3 N–H and O–H groups in total. The first-order valence-corrected chi connectivity index (χ1v) is 9.76. The molecule has 1 saturated heterocycles. The van der Waals surface area contributed by atoms with Crippen molar-refractivity contribution < 1.29 is 15.0 Å². The Morgan fingerprint density at radius 2 is 1.96 bits per heavy atom. The molecule has 0 aliphatic carbocycles. The Morgan fingerprint density at radius 1 is 1.25 bits per heavy atom. The summed E-state index contributed by atoms with van der Waals surface area (Å²) in [5.41, 5.74) is 0.626. The Balaban J connectivity index is 1.72. The lowest BCUT2D eigenvalue weighted by molar-refractivity contribution is -0.163. The number of hydrogen-bond acceptors (Lipinski definition) is 6. The summed E-state index contributed by atoms with van der Waals surface area (Å²) < 4.78 is 0. The van der Waals surface area contributed by atoms with E-state index in [0.29, 0.717) is 31.9 Å². The van der Waals surface area contributed by atoms with Crippen LogP contribution in [0.15, 0.2) is 42.7 Å². The molecule has 0 saturated carbocycles. The number of likely N-dealkylation sites (tertiary alicyclic amines) is 1. The van der Waals surface area contributed by atoms with Crippen LogP contribution in [0.5, 0.6) is 0 Å². The maximum absolute atomic E-state index is 12.2. The second kappa shape index (κ2) is 9.12. The Bertz CT molecular complexity index is 769. The first-order chi connectivity index (χ1) is 13.5. The second-order valence-corrected chi connectivity index (χ2v) is 7.48. The van der Waals surface area contributed by atoms with E-state index in [1.54, 1.807) is 12.4 Å². The highest BCUT2D eigenvalue weighted by molar-refractivity contribution is 5.76. The minimum absolute atomic E-state index is 0.286. The summed E-state index contributed by atoms with van der Waals surface area (Å²) in [7, 11) is 0. The Morgan fingerprint density at radius 3 is 2.61 bits per heavy atom. The molecule has 150 valence electrons. The highest BCUT2D eigenvalue weighted by atomic mass is 16.4. The molecule has 0 radical (unpaired) electrons. The van der Waals surface area contributed by atoms with Gasteiger partial charge in [-0.3, -0.25) is 9.69 Å². The van der Waals surface area contributed by atoms with Gasteiger partial charge in [0.2, 0.25) is 5.95 Å². The van der Waals surface area contributed by atoms with Crippen molar-refractivity contribution in [3.63, 3.8) is 0 Å². The van der Waals surface area contributed by atoms with Crippen molar-refractivity contribution in [1.29, 1.82) is 0 Å². The Kier molecular flexibility index (Phi) is 6.59. The molecule has 2 heterocycles. The van der Waals surface area contributed by atoms with Gasteiger partial charge in [0.15, 0.2) is 0 Å². The molecule has 0 spiro atoms. The fourth-order valence-electron chi connectivity index (χ4n) is 3.74. The third kappa shape index (κ3) is 4.66. The quantitative estimate of drug-likeness (QED) is 0.641. The molecule has 0 bridgehead atoms. The number of nitrogens with zero attached hydrogens (tertiary/aromatic N) is 3. The summed E-state index contributed by atoms with van der Waals surface area (Å²) in [6.07, 6.45) is 4.40. The maximum atomic E-state index is 12.2. The molecule has 3 rings (SSSR count). The molecule has 1 aromatic heterocycles. The zero-order valence-corrected chi connectivity index (χ0v) is 16.2. The lowest BCUT2D eigenvalue weighted by atomic mass is 9.73. The molecule has 7 heteroatoms. The smallest absolute Gasteiger partial charge is 0.313 e. The van der Waals surface area contributed by atoms with Crippen molar-refractivity contribution >= 4 is 11.9 Å². The van der Waals surface area contributed by atoms with E-state index in [9.17, 15) is 15.0 Å². The summed E-state index contributed by atoms with van der Waals surface area (Å²) in [5, 5.41) is 23.8. The number of nitrogens with one attached hydrogen (secondary N) is 1. The summed E-state index contributed by atoms with van der Waals surface area (Å²) in [5.74, 6) is -0.354. The molecule has 28 heavy (non-hydrogen) atoms. The molecular weight excluding hydrogens is 356 g/mol. The zero-order valence-electron chi connectivity index (χ0n) is 16.2. The zero-order chi connectivity index (χ0) is 20.0. The molecule has 1 aliphatic heterocycles. The van der Waals surface area contributed by atoms with E-state index in [1.807, 2.05) is 30.3 Å². The van der Waals surface area contributed by atoms with Crippen LogP contribution in [0.3, 0.4) is 0 Å². The highest BCUT2D eigenvalue weighted by Crippen LogP contribution is 2.35. The third-order valence-corrected chi connectivity index (χ3v) is 5.30. The minimum Gasteiger partial charge on any atom is -0.481 e. The fourth-order valence-corrected chi connectivity index (χ4v) is 3.74. The number of piperidine rings is 1. The number of carboxylic acid groups (broad SMARTS) is 1.